The quantitative estimate of drug-likeness (QED) is 0.828. The molecule has 1 aromatic rings. The van der Waals surface area contributed by atoms with E-state index in [1.807, 2.05) is 30.7 Å². The molecule has 7 heteroatoms. The van der Waals surface area contributed by atoms with Crippen LogP contribution in [0.15, 0.2) is 41.7 Å². The number of alkyl halides is 3. The summed E-state index contributed by atoms with van der Waals surface area (Å²) < 4.78 is 55.2. The van der Waals surface area contributed by atoms with Crippen molar-refractivity contribution in [2.75, 3.05) is 25.2 Å². The smallest absolute Gasteiger partial charge is 0.375 e. The first kappa shape index (κ1) is 17.8. The highest BCUT2D eigenvalue weighted by Gasteiger charge is 2.48. The molecule has 1 aromatic carbocycles. The molecule has 0 spiro atoms. The van der Waals surface area contributed by atoms with Crippen LogP contribution in [0.2, 0.25) is 0 Å². The fourth-order valence-corrected chi connectivity index (χ4v) is 3.31. The molecule has 0 aromatic heterocycles. The Balaban J connectivity index is 2.17. The Labute approximate surface area is 144 Å². The summed E-state index contributed by atoms with van der Waals surface area (Å²) >= 11 is 0. The van der Waals surface area contributed by atoms with Gasteiger partial charge in [0.05, 0.1) is 13.2 Å². The molecule has 25 heavy (non-hydrogen) atoms. The van der Waals surface area contributed by atoms with E-state index in [1.165, 1.54) is 18.2 Å². The predicted molar refractivity (Wildman–Crippen MR) is 89.6 cm³/mol. The summed E-state index contributed by atoms with van der Waals surface area (Å²) in [6.45, 7) is 4.67. The minimum atomic E-state index is -4.49. The molecular weight excluding hydrogens is 334 g/mol. The third kappa shape index (κ3) is 3.38. The van der Waals surface area contributed by atoms with Gasteiger partial charge in [0.15, 0.2) is 0 Å². The minimum absolute atomic E-state index is 0.0361. The van der Waals surface area contributed by atoms with E-state index in [-0.39, 0.29) is 17.2 Å². The van der Waals surface area contributed by atoms with Gasteiger partial charge >= 0.3 is 6.18 Å². The minimum Gasteiger partial charge on any atom is -0.375 e. The predicted octanol–water partition coefficient (Wildman–Crippen LogP) is 3.96. The van der Waals surface area contributed by atoms with Gasteiger partial charge in [0, 0.05) is 24.5 Å². The third-order valence-corrected chi connectivity index (χ3v) is 4.45. The number of anilines is 1. The van der Waals surface area contributed by atoms with Crippen molar-refractivity contribution in [3.63, 3.8) is 0 Å². The van der Waals surface area contributed by atoms with Crippen LogP contribution in [-0.2, 0) is 0 Å². The highest BCUT2D eigenvalue weighted by molar-refractivity contribution is 5.68. The lowest BCUT2D eigenvalue weighted by atomic mass is 9.83. The van der Waals surface area contributed by atoms with Crippen LogP contribution in [0.5, 0.6) is 0 Å². The van der Waals surface area contributed by atoms with Crippen LogP contribution in [0.25, 0.3) is 0 Å². The van der Waals surface area contributed by atoms with Crippen LogP contribution in [0.3, 0.4) is 0 Å². The van der Waals surface area contributed by atoms with E-state index in [0.717, 1.165) is 6.07 Å². The fraction of sp³-hybridized carbons (Fsp3) is 0.444. The Morgan fingerprint density at radius 1 is 1.28 bits per heavy atom. The van der Waals surface area contributed by atoms with Crippen molar-refractivity contribution in [3.05, 3.63) is 53.1 Å². The van der Waals surface area contributed by atoms with Crippen molar-refractivity contribution in [2.45, 2.75) is 32.0 Å². The zero-order chi connectivity index (χ0) is 18.4. The van der Waals surface area contributed by atoms with Gasteiger partial charge in [0.2, 0.25) is 0 Å². The molecule has 0 fully saturated rings. The van der Waals surface area contributed by atoms with Gasteiger partial charge in [-0.2, -0.15) is 13.2 Å². The van der Waals surface area contributed by atoms with Gasteiger partial charge in [-0.05, 0) is 55.5 Å². The van der Waals surface area contributed by atoms with E-state index in [2.05, 4.69) is 5.32 Å². The molecule has 2 aliphatic heterocycles. The molecule has 0 radical (unpaired) electrons. The summed E-state index contributed by atoms with van der Waals surface area (Å²) in [6.07, 6.45) is -1.36. The highest BCUT2D eigenvalue weighted by Crippen LogP contribution is 2.50. The Bertz CT molecular complexity index is 722. The number of benzene rings is 1. The van der Waals surface area contributed by atoms with Gasteiger partial charge in [-0.3, -0.25) is 5.32 Å². The van der Waals surface area contributed by atoms with Crippen molar-refractivity contribution in [1.82, 2.24) is 10.2 Å². The zero-order valence-corrected chi connectivity index (χ0v) is 14.4. The van der Waals surface area contributed by atoms with Gasteiger partial charge < -0.3 is 9.80 Å². The lowest BCUT2D eigenvalue weighted by molar-refractivity contribution is -0.141. The first-order valence-electron chi connectivity index (χ1n) is 8.17. The number of halogens is 4. The lowest BCUT2D eigenvalue weighted by Gasteiger charge is -2.42. The number of hydrogen-bond acceptors (Lipinski definition) is 3. The van der Waals surface area contributed by atoms with Crippen LogP contribution in [-0.4, -0.2) is 37.4 Å². The molecule has 3 rings (SSSR count). The average molecular weight is 355 g/mol. The molecule has 2 aliphatic rings. The average Bonchev–Trinajstić information content (AvgIpc) is 2.50. The summed E-state index contributed by atoms with van der Waals surface area (Å²) in [6, 6.07) is 3.83. The number of likely N-dealkylation sites (N-methyl/N-ethyl adjacent to an activating group) is 1. The molecule has 136 valence electrons. The molecule has 2 heterocycles. The first-order chi connectivity index (χ1) is 11.7. The molecule has 0 aliphatic carbocycles. The van der Waals surface area contributed by atoms with Crippen molar-refractivity contribution >= 4 is 5.69 Å². The number of hydrogen-bond donors (Lipinski definition) is 1. The largest absolute Gasteiger partial charge is 0.399 e. The maximum Gasteiger partial charge on any atom is 0.399 e. The number of fused-ring (bicyclic) bond motifs is 1. The number of allylic oxidation sites excluding steroid dienone is 2. The third-order valence-electron chi connectivity index (χ3n) is 4.45. The summed E-state index contributed by atoms with van der Waals surface area (Å²) in [4.78, 5) is 3.66. The van der Waals surface area contributed by atoms with Crippen LogP contribution in [0.1, 0.15) is 25.3 Å². The maximum atomic E-state index is 13.8. The maximum absolute atomic E-state index is 13.8. The molecule has 0 amide bonds. The molecule has 0 bridgehead atoms. The zero-order valence-electron chi connectivity index (χ0n) is 14.4. The lowest BCUT2D eigenvalue weighted by Crippen LogP contribution is -2.45. The molecule has 1 unspecified atom stereocenters. The summed E-state index contributed by atoms with van der Waals surface area (Å²) in [5, 5.41) is 3.25. The fourth-order valence-electron chi connectivity index (χ4n) is 3.31. The van der Waals surface area contributed by atoms with E-state index >= 15 is 0 Å². The van der Waals surface area contributed by atoms with Gasteiger partial charge in [-0.25, -0.2) is 4.39 Å². The molecule has 1 N–H and O–H groups in total. The Kier molecular flexibility index (Phi) is 4.53. The van der Waals surface area contributed by atoms with Crippen molar-refractivity contribution < 1.29 is 17.6 Å². The first-order valence-corrected chi connectivity index (χ1v) is 8.17. The normalized spacial score (nSPS) is 20.2. The van der Waals surface area contributed by atoms with Crippen LogP contribution in [0, 0.1) is 5.82 Å². The van der Waals surface area contributed by atoms with E-state index in [9.17, 15) is 17.6 Å². The summed E-state index contributed by atoms with van der Waals surface area (Å²) in [5.74, 6) is -2.47. The van der Waals surface area contributed by atoms with E-state index in [1.54, 1.807) is 6.20 Å². The van der Waals surface area contributed by atoms with Crippen LogP contribution in [0.4, 0.5) is 23.2 Å². The number of nitrogens with zero attached hydrogens (tertiary/aromatic N) is 2. The Hall–Kier alpha value is -2.02. The van der Waals surface area contributed by atoms with E-state index in [0.29, 0.717) is 24.6 Å². The summed E-state index contributed by atoms with van der Waals surface area (Å²) in [7, 11) is 1.82. The molecule has 0 saturated carbocycles. The monoisotopic (exact) mass is 355 g/mol. The second-order valence-corrected chi connectivity index (χ2v) is 6.76. The van der Waals surface area contributed by atoms with Gasteiger partial charge in [-0.1, -0.05) is 0 Å². The van der Waals surface area contributed by atoms with Crippen LogP contribution < -0.4 is 10.2 Å². The standard InChI is InChI=1S/C18H21F4N3/c1-11(2)23-10-25-15-5-4-12(19)8-14(15)17(18(20,21)22)13-6-7-24(3)9-16(13)25/h4-8,11,17,23H,9-10H2,1-3H3. The highest BCUT2D eigenvalue weighted by atomic mass is 19.4. The van der Waals surface area contributed by atoms with Crippen molar-refractivity contribution in [1.29, 1.82) is 0 Å². The van der Waals surface area contributed by atoms with Crippen molar-refractivity contribution in [3.8, 4) is 0 Å². The van der Waals surface area contributed by atoms with Crippen LogP contribution >= 0.6 is 0 Å². The van der Waals surface area contributed by atoms with Crippen molar-refractivity contribution in [2.24, 2.45) is 0 Å². The van der Waals surface area contributed by atoms with Gasteiger partial charge in [0.1, 0.15) is 11.7 Å². The number of rotatable bonds is 3. The van der Waals surface area contributed by atoms with Gasteiger partial charge in [-0.15, -0.1) is 0 Å². The SMILES string of the molecule is CC(C)NCN1C2=C(C=CN(C)C2)C(C(F)(F)F)c2cc(F)ccc21. The topological polar surface area (TPSA) is 18.5 Å². The summed E-state index contributed by atoms with van der Waals surface area (Å²) in [5.41, 5.74) is 1.15. The second kappa shape index (κ2) is 6.37. The molecule has 1 atom stereocenters. The molecular formula is C18H21F4N3. The second-order valence-electron chi connectivity index (χ2n) is 6.76. The molecule has 3 nitrogen and oxygen atoms in total. The Morgan fingerprint density at radius 2 is 2.00 bits per heavy atom. The molecule has 0 saturated heterocycles. The number of nitrogens with one attached hydrogen (secondary N) is 1. The van der Waals surface area contributed by atoms with E-state index in [4.69, 9.17) is 0 Å². The van der Waals surface area contributed by atoms with Gasteiger partial charge in [0.25, 0.3) is 0 Å². The Morgan fingerprint density at radius 3 is 2.64 bits per heavy atom. The van der Waals surface area contributed by atoms with E-state index < -0.39 is 17.9 Å².